The molecule has 0 atom stereocenters. The van der Waals surface area contributed by atoms with Crippen LogP contribution in [0.15, 0.2) is 96.4 Å². The molecule has 0 radical (unpaired) electrons. The van der Waals surface area contributed by atoms with Gasteiger partial charge < -0.3 is 9.84 Å². The van der Waals surface area contributed by atoms with Crippen molar-refractivity contribution >= 4 is 29.2 Å². The normalized spacial score (nSPS) is 11.7. The molecule has 0 saturated heterocycles. The second-order valence-electron chi connectivity index (χ2n) is 7.17. The molecule has 0 unspecified atom stereocenters. The third-order valence-electron chi connectivity index (χ3n) is 5.06. The smallest absolute Gasteiger partial charge is 0.232 e. The molecule has 162 valence electrons. The third kappa shape index (κ3) is 4.80. The minimum absolute atomic E-state index is 0.0341. The number of hydrogen-bond acceptors (Lipinski definition) is 5. The van der Waals surface area contributed by atoms with E-state index in [0.29, 0.717) is 5.88 Å². The molecule has 0 aliphatic carbocycles. The predicted octanol–water partition coefficient (Wildman–Crippen LogP) is 6.52. The van der Waals surface area contributed by atoms with E-state index < -0.39 is 4.75 Å². The average molecular weight is 460 g/mol. The molecule has 0 aliphatic heterocycles. The van der Waals surface area contributed by atoms with E-state index in [0.717, 1.165) is 9.88 Å². The van der Waals surface area contributed by atoms with Crippen LogP contribution in [-0.4, -0.2) is 23.3 Å². The Bertz CT molecular complexity index is 1050. The van der Waals surface area contributed by atoms with Crippen LogP contribution in [-0.2, 0) is 4.75 Å². The summed E-state index contributed by atoms with van der Waals surface area (Å²) >= 11 is 3.34. The van der Waals surface area contributed by atoms with Gasteiger partial charge in [-0.2, -0.15) is 0 Å². The van der Waals surface area contributed by atoms with Crippen molar-refractivity contribution in [2.75, 3.05) is 13.2 Å². The molecule has 3 nitrogen and oxygen atoms in total. The number of nitrogens with zero attached hydrogens (tertiary/aromatic N) is 1. The standard InChI is InChI=1S/C27H25NO2S2/c1-21-28-26(30-19-18-29)25(32-21)17-20-31-27(22-11-5-2-6-12-22,23-13-7-3-8-14-23)24-15-9-4-10-16-24/h2-17,20,29H,18-19H2,1H3/b20-17-. The van der Waals surface area contributed by atoms with E-state index in [4.69, 9.17) is 9.84 Å². The van der Waals surface area contributed by atoms with E-state index in [1.807, 2.05) is 6.92 Å². The fourth-order valence-electron chi connectivity index (χ4n) is 3.70. The first kappa shape index (κ1) is 22.3. The maximum absolute atomic E-state index is 9.11. The van der Waals surface area contributed by atoms with Gasteiger partial charge in [0.1, 0.15) is 6.61 Å². The van der Waals surface area contributed by atoms with Crippen LogP contribution in [0.25, 0.3) is 6.08 Å². The first-order chi connectivity index (χ1) is 15.7. The summed E-state index contributed by atoms with van der Waals surface area (Å²) in [6.07, 6.45) is 2.06. The fourth-order valence-corrected chi connectivity index (χ4v) is 5.78. The highest BCUT2D eigenvalue weighted by molar-refractivity contribution is 8.03. The van der Waals surface area contributed by atoms with Crippen molar-refractivity contribution in [1.29, 1.82) is 0 Å². The lowest BCUT2D eigenvalue weighted by Crippen LogP contribution is -2.24. The van der Waals surface area contributed by atoms with Crippen LogP contribution in [0, 0.1) is 6.92 Å². The van der Waals surface area contributed by atoms with Crippen LogP contribution in [0.4, 0.5) is 0 Å². The first-order valence-corrected chi connectivity index (χ1v) is 12.2. The molecule has 4 rings (SSSR count). The Labute approximate surface area is 197 Å². The Morgan fingerprint density at radius 2 is 1.38 bits per heavy atom. The van der Waals surface area contributed by atoms with Crippen LogP contribution in [0.1, 0.15) is 26.6 Å². The Kier molecular flexibility index (Phi) is 7.43. The molecule has 0 fully saturated rings. The first-order valence-electron chi connectivity index (χ1n) is 10.5. The van der Waals surface area contributed by atoms with Gasteiger partial charge in [0.05, 0.1) is 21.2 Å². The molecule has 0 saturated carbocycles. The van der Waals surface area contributed by atoms with Crippen LogP contribution in [0.2, 0.25) is 0 Å². The van der Waals surface area contributed by atoms with Gasteiger partial charge >= 0.3 is 0 Å². The van der Waals surface area contributed by atoms with E-state index in [-0.39, 0.29) is 13.2 Å². The van der Waals surface area contributed by atoms with Crippen LogP contribution in [0.3, 0.4) is 0 Å². The number of thiazole rings is 1. The highest BCUT2D eigenvalue weighted by Gasteiger charge is 2.36. The van der Waals surface area contributed by atoms with Gasteiger partial charge in [-0.3, -0.25) is 0 Å². The number of hydrogen-bond donors (Lipinski definition) is 1. The highest BCUT2D eigenvalue weighted by atomic mass is 32.2. The van der Waals surface area contributed by atoms with Gasteiger partial charge in [-0.1, -0.05) is 91.0 Å². The second-order valence-corrected chi connectivity index (χ2v) is 9.53. The molecular weight excluding hydrogens is 434 g/mol. The summed E-state index contributed by atoms with van der Waals surface area (Å²) in [6.45, 7) is 2.16. The number of rotatable bonds is 9. The molecule has 3 aromatic carbocycles. The summed E-state index contributed by atoms with van der Waals surface area (Å²) in [7, 11) is 0. The minimum Gasteiger partial charge on any atom is -0.474 e. The van der Waals surface area contributed by atoms with Gasteiger partial charge in [0.25, 0.3) is 0 Å². The number of ether oxygens (including phenoxy) is 1. The van der Waals surface area contributed by atoms with E-state index in [1.165, 1.54) is 16.7 Å². The predicted molar refractivity (Wildman–Crippen MR) is 135 cm³/mol. The van der Waals surface area contributed by atoms with E-state index in [9.17, 15) is 0 Å². The summed E-state index contributed by atoms with van der Waals surface area (Å²) in [6, 6.07) is 31.8. The Hall–Kier alpha value is -2.86. The number of thioether (sulfide) groups is 1. The zero-order valence-corrected chi connectivity index (χ0v) is 19.5. The summed E-state index contributed by atoms with van der Waals surface area (Å²) in [5.41, 5.74) is 3.64. The molecule has 4 aromatic rings. The minimum atomic E-state index is -0.411. The lowest BCUT2D eigenvalue weighted by molar-refractivity contribution is 0.197. The number of aryl methyl sites for hydroxylation is 1. The fraction of sp³-hybridized carbons (Fsp3) is 0.148. The number of aromatic nitrogens is 1. The van der Waals surface area contributed by atoms with Crippen molar-refractivity contribution < 1.29 is 9.84 Å². The highest BCUT2D eigenvalue weighted by Crippen LogP contribution is 2.49. The van der Waals surface area contributed by atoms with Gasteiger partial charge in [0.2, 0.25) is 5.88 Å². The number of aliphatic hydroxyl groups is 1. The van der Waals surface area contributed by atoms with Crippen LogP contribution in [0.5, 0.6) is 5.88 Å². The largest absolute Gasteiger partial charge is 0.474 e. The van der Waals surface area contributed by atoms with Crippen LogP contribution < -0.4 is 4.74 Å². The molecule has 0 spiro atoms. The summed E-state index contributed by atoms with van der Waals surface area (Å²) in [5, 5.41) is 12.2. The Morgan fingerprint density at radius 1 is 0.875 bits per heavy atom. The van der Waals surface area contributed by atoms with Gasteiger partial charge in [-0.25, -0.2) is 4.98 Å². The molecule has 1 N–H and O–H groups in total. The maximum Gasteiger partial charge on any atom is 0.232 e. The quantitative estimate of drug-likeness (QED) is 0.289. The van der Waals surface area contributed by atoms with E-state index >= 15 is 0 Å². The molecule has 0 aliphatic rings. The molecule has 1 aromatic heterocycles. The lowest BCUT2D eigenvalue weighted by Gasteiger charge is -2.34. The van der Waals surface area contributed by atoms with Crippen molar-refractivity contribution in [2.45, 2.75) is 11.7 Å². The molecule has 1 heterocycles. The zero-order chi connectivity index (χ0) is 22.2. The molecule has 5 heteroatoms. The molecule has 0 bridgehead atoms. The van der Waals surface area contributed by atoms with Gasteiger partial charge in [-0.15, -0.1) is 23.1 Å². The van der Waals surface area contributed by atoms with Crippen molar-refractivity contribution in [1.82, 2.24) is 4.98 Å². The van der Waals surface area contributed by atoms with Crippen molar-refractivity contribution in [2.24, 2.45) is 0 Å². The van der Waals surface area contributed by atoms with E-state index in [1.54, 1.807) is 23.1 Å². The second kappa shape index (κ2) is 10.6. The van der Waals surface area contributed by atoms with Crippen molar-refractivity contribution in [3.8, 4) is 5.88 Å². The zero-order valence-electron chi connectivity index (χ0n) is 17.8. The monoisotopic (exact) mass is 459 g/mol. The summed E-state index contributed by atoms with van der Waals surface area (Å²) < 4.78 is 5.22. The van der Waals surface area contributed by atoms with Crippen molar-refractivity contribution in [3.63, 3.8) is 0 Å². The summed E-state index contributed by atoms with van der Waals surface area (Å²) in [5.74, 6) is 0.572. The SMILES string of the molecule is Cc1nc(OCCO)c(/C=C\SC(c2ccccc2)(c2ccccc2)c2ccccc2)s1. The molecular formula is C27H25NO2S2. The third-order valence-corrected chi connectivity index (χ3v) is 7.31. The van der Waals surface area contributed by atoms with E-state index in [2.05, 4.69) is 107 Å². The summed E-state index contributed by atoms with van der Waals surface area (Å²) in [4.78, 5) is 5.41. The van der Waals surface area contributed by atoms with Crippen LogP contribution >= 0.6 is 23.1 Å². The molecule has 0 amide bonds. The van der Waals surface area contributed by atoms with Gasteiger partial charge in [-0.05, 0) is 35.1 Å². The topological polar surface area (TPSA) is 42.4 Å². The Morgan fingerprint density at radius 3 is 1.84 bits per heavy atom. The average Bonchev–Trinajstić information content (AvgIpc) is 3.21. The van der Waals surface area contributed by atoms with Gasteiger partial charge in [0.15, 0.2) is 0 Å². The van der Waals surface area contributed by atoms with Crippen molar-refractivity contribution in [3.05, 3.63) is 123 Å². The number of aliphatic hydroxyl groups excluding tert-OH is 1. The number of benzene rings is 3. The van der Waals surface area contributed by atoms with Gasteiger partial charge in [0, 0.05) is 0 Å². The Balaban J connectivity index is 1.80. The molecule has 32 heavy (non-hydrogen) atoms. The maximum atomic E-state index is 9.11. The lowest BCUT2D eigenvalue weighted by atomic mass is 9.84.